The van der Waals surface area contributed by atoms with Crippen molar-refractivity contribution in [2.75, 3.05) is 5.32 Å². The highest BCUT2D eigenvalue weighted by Gasteiger charge is 2.10. The van der Waals surface area contributed by atoms with Crippen LogP contribution in [0.4, 0.5) is 5.69 Å². The van der Waals surface area contributed by atoms with E-state index in [1.807, 2.05) is 6.07 Å². The Bertz CT molecular complexity index is 1140. The van der Waals surface area contributed by atoms with E-state index in [1.54, 1.807) is 54.6 Å². The zero-order chi connectivity index (χ0) is 21.5. The number of nitrogens with zero attached hydrogens (tertiary/aromatic N) is 1. The summed E-state index contributed by atoms with van der Waals surface area (Å²) in [4.78, 5) is 12.4. The summed E-state index contributed by atoms with van der Waals surface area (Å²) < 4.78 is 5.77. The van der Waals surface area contributed by atoms with Gasteiger partial charge in [0, 0.05) is 21.3 Å². The standard InChI is InChI=1S/C23H16Cl2N2O3/c24-18-5-4-16(22(25)12-18)14-30-21-3-1-2-15(11-21)10-17(13-26)23(29)27-19-6-8-20(28)9-7-19/h1-12,28H,14H2,(H,27,29)/b17-10-. The van der Waals surface area contributed by atoms with Gasteiger partial charge in [0.2, 0.25) is 0 Å². The molecule has 3 aromatic carbocycles. The molecule has 150 valence electrons. The van der Waals surface area contributed by atoms with Gasteiger partial charge in [-0.3, -0.25) is 4.79 Å². The second kappa shape index (κ2) is 9.84. The van der Waals surface area contributed by atoms with Crippen molar-refractivity contribution in [3.05, 3.63) is 93.5 Å². The lowest BCUT2D eigenvalue weighted by molar-refractivity contribution is -0.112. The number of carbonyl (C=O) groups excluding carboxylic acids is 1. The maximum absolute atomic E-state index is 12.4. The van der Waals surface area contributed by atoms with Gasteiger partial charge >= 0.3 is 0 Å². The average Bonchev–Trinajstić information content (AvgIpc) is 2.73. The second-order valence-electron chi connectivity index (χ2n) is 6.27. The summed E-state index contributed by atoms with van der Waals surface area (Å²) in [6, 6.07) is 20.0. The number of hydrogen-bond acceptors (Lipinski definition) is 4. The first kappa shape index (κ1) is 21.3. The van der Waals surface area contributed by atoms with E-state index in [0.29, 0.717) is 27.0 Å². The van der Waals surface area contributed by atoms with Crippen molar-refractivity contribution in [3.8, 4) is 17.6 Å². The first-order valence-corrected chi connectivity index (χ1v) is 9.59. The van der Waals surface area contributed by atoms with Crippen molar-refractivity contribution in [1.82, 2.24) is 0 Å². The summed E-state index contributed by atoms with van der Waals surface area (Å²) in [5, 5.41) is 22.4. The van der Waals surface area contributed by atoms with Gasteiger partial charge in [-0.05, 0) is 60.2 Å². The van der Waals surface area contributed by atoms with Gasteiger partial charge in [-0.2, -0.15) is 5.26 Å². The molecule has 0 unspecified atom stereocenters. The Morgan fingerprint density at radius 1 is 1.10 bits per heavy atom. The molecule has 2 N–H and O–H groups in total. The lowest BCUT2D eigenvalue weighted by Crippen LogP contribution is -2.13. The van der Waals surface area contributed by atoms with Crippen LogP contribution >= 0.6 is 23.2 Å². The number of nitriles is 1. The minimum Gasteiger partial charge on any atom is -0.508 e. The molecule has 0 aliphatic rings. The smallest absolute Gasteiger partial charge is 0.266 e. The fourth-order valence-electron chi connectivity index (χ4n) is 2.55. The average molecular weight is 439 g/mol. The number of carbonyl (C=O) groups is 1. The Hall–Kier alpha value is -3.46. The molecule has 0 heterocycles. The molecule has 0 aliphatic heterocycles. The van der Waals surface area contributed by atoms with Crippen molar-refractivity contribution < 1.29 is 14.6 Å². The molecule has 0 saturated heterocycles. The molecule has 0 aromatic heterocycles. The highest BCUT2D eigenvalue weighted by molar-refractivity contribution is 6.35. The molecule has 0 fully saturated rings. The van der Waals surface area contributed by atoms with E-state index in [-0.39, 0.29) is 17.9 Å². The predicted octanol–water partition coefficient (Wildman–Crippen LogP) is 5.82. The van der Waals surface area contributed by atoms with Gasteiger partial charge in [-0.15, -0.1) is 0 Å². The van der Waals surface area contributed by atoms with E-state index in [4.69, 9.17) is 27.9 Å². The SMILES string of the molecule is N#C/C(=C/c1cccc(OCc2ccc(Cl)cc2Cl)c1)C(=O)Nc1ccc(O)cc1. The van der Waals surface area contributed by atoms with Gasteiger partial charge in [-0.25, -0.2) is 0 Å². The highest BCUT2D eigenvalue weighted by atomic mass is 35.5. The number of ether oxygens (including phenoxy) is 1. The topological polar surface area (TPSA) is 82.3 Å². The first-order chi connectivity index (χ1) is 14.4. The quantitative estimate of drug-likeness (QED) is 0.288. The van der Waals surface area contributed by atoms with Crippen LogP contribution in [-0.2, 0) is 11.4 Å². The van der Waals surface area contributed by atoms with Gasteiger partial charge < -0.3 is 15.2 Å². The van der Waals surface area contributed by atoms with E-state index < -0.39 is 5.91 Å². The van der Waals surface area contributed by atoms with Gasteiger partial charge in [0.05, 0.1) is 0 Å². The summed E-state index contributed by atoms with van der Waals surface area (Å²) >= 11 is 12.1. The molecule has 1 amide bonds. The van der Waals surface area contributed by atoms with Gasteiger partial charge in [-0.1, -0.05) is 41.4 Å². The fraction of sp³-hybridized carbons (Fsp3) is 0.0435. The molecule has 0 saturated carbocycles. The van der Waals surface area contributed by atoms with E-state index in [9.17, 15) is 15.2 Å². The summed E-state index contributed by atoms with van der Waals surface area (Å²) in [5.74, 6) is 0.0919. The number of rotatable bonds is 6. The largest absolute Gasteiger partial charge is 0.508 e. The Kier molecular flexibility index (Phi) is 6.97. The van der Waals surface area contributed by atoms with Crippen LogP contribution in [0, 0.1) is 11.3 Å². The number of hydrogen-bond donors (Lipinski definition) is 2. The molecule has 0 spiro atoms. The lowest BCUT2D eigenvalue weighted by Gasteiger charge is -2.09. The van der Waals surface area contributed by atoms with Crippen molar-refractivity contribution in [3.63, 3.8) is 0 Å². The van der Waals surface area contributed by atoms with Crippen LogP contribution < -0.4 is 10.1 Å². The van der Waals surface area contributed by atoms with Crippen LogP contribution in [-0.4, -0.2) is 11.0 Å². The summed E-state index contributed by atoms with van der Waals surface area (Å²) in [6.07, 6.45) is 1.47. The van der Waals surface area contributed by atoms with E-state index in [2.05, 4.69) is 5.32 Å². The molecule has 3 rings (SSSR count). The Morgan fingerprint density at radius 3 is 2.57 bits per heavy atom. The van der Waals surface area contributed by atoms with Crippen LogP contribution in [0.2, 0.25) is 10.0 Å². The minimum atomic E-state index is -0.553. The van der Waals surface area contributed by atoms with E-state index >= 15 is 0 Å². The molecule has 30 heavy (non-hydrogen) atoms. The number of amides is 1. The molecular weight excluding hydrogens is 423 g/mol. The van der Waals surface area contributed by atoms with Crippen molar-refractivity contribution in [1.29, 1.82) is 5.26 Å². The first-order valence-electron chi connectivity index (χ1n) is 8.83. The number of anilines is 1. The van der Waals surface area contributed by atoms with Crippen LogP contribution in [0.25, 0.3) is 6.08 Å². The summed E-state index contributed by atoms with van der Waals surface area (Å²) in [7, 11) is 0. The summed E-state index contributed by atoms with van der Waals surface area (Å²) in [6.45, 7) is 0.246. The van der Waals surface area contributed by atoms with Crippen LogP contribution in [0.3, 0.4) is 0 Å². The summed E-state index contributed by atoms with van der Waals surface area (Å²) in [5.41, 5.74) is 1.82. The number of halogens is 2. The Balaban J connectivity index is 1.71. The molecule has 0 aliphatic carbocycles. The molecule has 5 nitrogen and oxygen atoms in total. The fourth-order valence-corrected chi connectivity index (χ4v) is 3.02. The maximum atomic E-state index is 12.4. The van der Waals surface area contributed by atoms with Crippen molar-refractivity contribution >= 4 is 40.9 Å². The molecule has 0 bridgehead atoms. The Labute approximate surface area is 183 Å². The van der Waals surface area contributed by atoms with Crippen LogP contribution in [0.5, 0.6) is 11.5 Å². The number of aromatic hydroxyl groups is 1. The Morgan fingerprint density at radius 2 is 1.87 bits per heavy atom. The second-order valence-corrected chi connectivity index (χ2v) is 7.11. The van der Waals surface area contributed by atoms with E-state index in [1.165, 1.54) is 18.2 Å². The monoisotopic (exact) mass is 438 g/mol. The molecule has 3 aromatic rings. The third-order valence-corrected chi connectivity index (χ3v) is 4.66. The van der Waals surface area contributed by atoms with Gasteiger partial charge in [0.15, 0.2) is 0 Å². The molecule has 0 radical (unpaired) electrons. The third-order valence-electron chi connectivity index (χ3n) is 4.07. The number of phenols is 1. The molecular formula is C23H16Cl2N2O3. The minimum absolute atomic E-state index is 0.0685. The zero-order valence-corrected chi connectivity index (χ0v) is 17.1. The zero-order valence-electron chi connectivity index (χ0n) is 15.6. The van der Waals surface area contributed by atoms with Gasteiger partial charge in [0.25, 0.3) is 5.91 Å². The maximum Gasteiger partial charge on any atom is 0.266 e. The van der Waals surface area contributed by atoms with Crippen molar-refractivity contribution in [2.24, 2.45) is 0 Å². The molecule has 7 heteroatoms. The van der Waals surface area contributed by atoms with Crippen LogP contribution in [0.1, 0.15) is 11.1 Å². The van der Waals surface area contributed by atoms with E-state index in [0.717, 1.165) is 5.56 Å². The predicted molar refractivity (Wildman–Crippen MR) is 118 cm³/mol. The highest BCUT2D eigenvalue weighted by Crippen LogP contribution is 2.23. The number of nitrogens with one attached hydrogen (secondary N) is 1. The lowest BCUT2D eigenvalue weighted by atomic mass is 10.1. The number of phenolic OH excluding ortho intramolecular Hbond substituents is 1. The third kappa shape index (κ3) is 5.77. The van der Waals surface area contributed by atoms with Crippen molar-refractivity contribution in [2.45, 2.75) is 6.61 Å². The molecule has 0 atom stereocenters. The number of benzene rings is 3. The van der Waals surface area contributed by atoms with Gasteiger partial charge in [0.1, 0.15) is 29.7 Å². The normalized spacial score (nSPS) is 10.9. The van der Waals surface area contributed by atoms with Crippen LogP contribution in [0.15, 0.2) is 72.3 Å².